The maximum Gasteiger partial charge on any atom is 0.115 e. The molecule has 0 aromatic rings. The maximum absolute atomic E-state index is 8.78. The van der Waals surface area contributed by atoms with E-state index < -0.39 is 0 Å². The van der Waals surface area contributed by atoms with E-state index in [4.69, 9.17) is 9.84 Å². The summed E-state index contributed by atoms with van der Waals surface area (Å²) >= 11 is 0. The van der Waals surface area contributed by atoms with Crippen molar-refractivity contribution in [2.24, 2.45) is 0 Å². The van der Waals surface area contributed by atoms with Crippen molar-refractivity contribution in [3.05, 3.63) is 12.7 Å². The molecule has 2 nitrogen and oxygen atoms in total. The summed E-state index contributed by atoms with van der Waals surface area (Å²) in [6.07, 6.45) is 4.09. The lowest BCUT2D eigenvalue weighted by Gasteiger charge is -1.97. The first-order valence-electron chi connectivity index (χ1n) is 3.62. The van der Waals surface area contributed by atoms with Crippen molar-refractivity contribution in [1.29, 1.82) is 0 Å². The molecule has 1 heterocycles. The van der Waals surface area contributed by atoms with Crippen molar-refractivity contribution in [1.82, 2.24) is 0 Å². The molecule has 1 rings (SSSR count). The lowest BCUT2D eigenvalue weighted by atomic mass is 10.1. The SMILES string of the molecule is C=CCC[C@@H]1O[C@]1(C)CO. The van der Waals surface area contributed by atoms with Crippen molar-refractivity contribution in [3.63, 3.8) is 0 Å². The fourth-order valence-corrected chi connectivity index (χ4v) is 1.06. The van der Waals surface area contributed by atoms with Gasteiger partial charge in [0.25, 0.3) is 0 Å². The summed E-state index contributed by atoms with van der Waals surface area (Å²) in [4.78, 5) is 0. The van der Waals surface area contributed by atoms with Gasteiger partial charge in [0.1, 0.15) is 5.60 Å². The largest absolute Gasteiger partial charge is 0.393 e. The van der Waals surface area contributed by atoms with Gasteiger partial charge in [0, 0.05) is 0 Å². The molecule has 1 saturated heterocycles. The fourth-order valence-electron chi connectivity index (χ4n) is 1.06. The van der Waals surface area contributed by atoms with E-state index in [0.717, 1.165) is 12.8 Å². The molecule has 2 atom stereocenters. The Labute approximate surface area is 61.5 Å². The zero-order chi connectivity index (χ0) is 7.61. The minimum atomic E-state index is -0.233. The molecule has 0 spiro atoms. The molecule has 0 aromatic carbocycles. The van der Waals surface area contributed by atoms with E-state index in [9.17, 15) is 0 Å². The second-order valence-electron chi connectivity index (χ2n) is 2.94. The molecule has 0 aliphatic carbocycles. The highest BCUT2D eigenvalue weighted by Gasteiger charge is 2.50. The van der Waals surface area contributed by atoms with E-state index in [1.54, 1.807) is 0 Å². The molecule has 1 fully saturated rings. The van der Waals surface area contributed by atoms with E-state index in [-0.39, 0.29) is 18.3 Å². The molecule has 0 bridgehead atoms. The summed E-state index contributed by atoms with van der Waals surface area (Å²) in [6, 6.07) is 0. The predicted molar refractivity (Wildman–Crippen MR) is 39.8 cm³/mol. The molecular weight excluding hydrogens is 128 g/mol. The number of aliphatic hydroxyl groups is 1. The van der Waals surface area contributed by atoms with Crippen molar-refractivity contribution >= 4 is 0 Å². The van der Waals surface area contributed by atoms with Gasteiger partial charge in [0.2, 0.25) is 0 Å². The van der Waals surface area contributed by atoms with Gasteiger partial charge < -0.3 is 9.84 Å². The average molecular weight is 142 g/mol. The van der Waals surface area contributed by atoms with Gasteiger partial charge >= 0.3 is 0 Å². The Balaban J connectivity index is 2.18. The highest BCUT2D eigenvalue weighted by molar-refractivity contribution is 4.99. The van der Waals surface area contributed by atoms with Crippen LogP contribution in [0.4, 0.5) is 0 Å². The zero-order valence-electron chi connectivity index (χ0n) is 6.34. The monoisotopic (exact) mass is 142 g/mol. The van der Waals surface area contributed by atoms with E-state index in [0.29, 0.717) is 0 Å². The van der Waals surface area contributed by atoms with Gasteiger partial charge in [-0.25, -0.2) is 0 Å². The lowest BCUT2D eigenvalue weighted by Crippen LogP contribution is -2.14. The van der Waals surface area contributed by atoms with Crippen LogP contribution in [-0.4, -0.2) is 23.4 Å². The van der Waals surface area contributed by atoms with Gasteiger partial charge in [-0.2, -0.15) is 0 Å². The van der Waals surface area contributed by atoms with Crippen molar-refractivity contribution in [3.8, 4) is 0 Å². The number of hydrogen-bond acceptors (Lipinski definition) is 2. The first kappa shape index (κ1) is 7.76. The van der Waals surface area contributed by atoms with E-state index >= 15 is 0 Å². The predicted octanol–water partition coefficient (Wildman–Crippen LogP) is 1.10. The Hall–Kier alpha value is -0.340. The van der Waals surface area contributed by atoms with Crippen LogP contribution in [0.3, 0.4) is 0 Å². The van der Waals surface area contributed by atoms with Crippen LogP contribution in [0.5, 0.6) is 0 Å². The van der Waals surface area contributed by atoms with E-state index in [1.165, 1.54) is 0 Å². The minimum absolute atomic E-state index is 0.134. The normalized spacial score (nSPS) is 37.6. The van der Waals surface area contributed by atoms with Crippen LogP contribution in [0.25, 0.3) is 0 Å². The second-order valence-corrected chi connectivity index (χ2v) is 2.94. The molecular formula is C8H14O2. The Bertz CT molecular complexity index is 133. The third-order valence-corrected chi connectivity index (χ3v) is 1.98. The van der Waals surface area contributed by atoms with Crippen LogP contribution in [0, 0.1) is 0 Å². The molecule has 58 valence electrons. The Morgan fingerprint density at radius 1 is 1.80 bits per heavy atom. The average Bonchev–Trinajstić information content (AvgIpc) is 2.59. The smallest absolute Gasteiger partial charge is 0.115 e. The Morgan fingerprint density at radius 3 is 2.90 bits per heavy atom. The minimum Gasteiger partial charge on any atom is -0.393 e. The van der Waals surface area contributed by atoms with Crippen LogP contribution < -0.4 is 0 Å². The third-order valence-electron chi connectivity index (χ3n) is 1.98. The van der Waals surface area contributed by atoms with Gasteiger partial charge in [-0.05, 0) is 19.8 Å². The number of rotatable bonds is 4. The lowest BCUT2D eigenvalue weighted by molar-refractivity contribution is 0.184. The molecule has 0 saturated carbocycles. The van der Waals surface area contributed by atoms with Gasteiger partial charge in [0.15, 0.2) is 0 Å². The van der Waals surface area contributed by atoms with E-state index in [2.05, 4.69) is 6.58 Å². The molecule has 2 heteroatoms. The highest BCUT2D eigenvalue weighted by Crippen LogP contribution is 2.38. The number of aliphatic hydroxyl groups excluding tert-OH is 1. The van der Waals surface area contributed by atoms with Crippen molar-refractivity contribution < 1.29 is 9.84 Å². The topological polar surface area (TPSA) is 32.8 Å². The van der Waals surface area contributed by atoms with Gasteiger partial charge in [-0.15, -0.1) is 6.58 Å². The summed E-state index contributed by atoms with van der Waals surface area (Å²) in [7, 11) is 0. The first-order valence-corrected chi connectivity index (χ1v) is 3.62. The van der Waals surface area contributed by atoms with Gasteiger partial charge in [-0.1, -0.05) is 6.08 Å². The molecule has 1 N–H and O–H groups in total. The number of hydrogen-bond donors (Lipinski definition) is 1. The molecule has 10 heavy (non-hydrogen) atoms. The van der Waals surface area contributed by atoms with Gasteiger partial charge in [0.05, 0.1) is 12.7 Å². The molecule has 0 radical (unpaired) electrons. The Morgan fingerprint density at radius 2 is 2.50 bits per heavy atom. The summed E-state index contributed by atoms with van der Waals surface area (Å²) in [6.45, 7) is 5.68. The number of epoxide rings is 1. The summed E-state index contributed by atoms with van der Waals surface area (Å²) in [5, 5.41) is 8.78. The van der Waals surface area contributed by atoms with Crippen molar-refractivity contribution in [2.45, 2.75) is 31.5 Å². The first-order chi connectivity index (χ1) is 4.73. The van der Waals surface area contributed by atoms with Crippen LogP contribution in [-0.2, 0) is 4.74 Å². The van der Waals surface area contributed by atoms with Crippen LogP contribution in [0.1, 0.15) is 19.8 Å². The van der Waals surface area contributed by atoms with Crippen LogP contribution in [0.2, 0.25) is 0 Å². The molecule has 0 amide bonds. The summed E-state index contributed by atoms with van der Waals surface area (Å²) in [5.41, 5.74) is -0.233. The van der Waals surface area contributed by atoms with E-state index in [1.807, 2.05) is 13.0 Å². The quantitative estimate of drug-likeness (QED) is 0.471. The van der Waals surface area contributed by atoms with Crippen LogP contribution in [0.15, 0.2) is 12.7 Å². The van der Waals surface area contributed by atoms with Crippen molar-refractivity contribution in [2.75, 3.05) is 6.61 Å². The number of ether oxygens (including phenoxy) is 1. The number of allylic oxidation sites excluding steroid dienone is 1. The molecule has 0 aromatic heterocycles. The van der Waals surface area contributed by atoms with Gasteiger partial charge in [-0.3, -0.25) is 0 Å². The maximum atomic E-state index is 8.78. The molecule has 1 aliphatic rings. The second kappa shape index (κ2) is 2.72. The summed E-state index contributed by atoms with van der Waals surface area (Å²) in [5.74, 6) is 0. The van der Waals surface area contributed by atoms with Crippen LogP contribution >= 0.6 is 0 Å². The third kappa shape index (κ3) is 1.39. The highest BCUT2D eigenvalue weighted by atomic mass is 16.6. The fraction of sp³-hybridized carbons (Fsp3) is 0.750. The Kier molecular flexibility index (Phi) is 2.11. The zero-order valence-corrected chi connectivity index (χ0v) is 6.34. The standard InChI is InChI=1S/C8H14O2/c1-3-4-5-7-8(2,6-9)10-7/h3,7,9H,1,4-6H2,2H3/t7-,8+/m0/s1. The molecule has 0 unspecified atom stereocenters. The molecule has 1 aliphatic heterocycles. The summed E-state index contributed by atoms with van der Waals surface area (Å²) < 4.78 is 5.26.